The van der Waals surface area contributed by atoms with Gasteiger partial charge in [-0.05, 0) is 55.3 Å². The molecule has 0 spiro atoms. The number of anilines is 1. The number of para-hydroxylation sites is 2. The number of rotatable bonds is 4. The van der Waals surface area contributed by atoms with Crippen molar-refractivity contribution < 1.29 is 18.7 Å². The van der Waals surface area contributed by atoms with Crippen LogP contribution in [0.1, 0.15) is 37.7 Å². The molecule has 35 heavy (non-hydrogen) atoms. The van der Waals surface area contributed by atoms with Gasteiger partial charge in [-0.25, -0.2) is 9.37 Å². The highest BCUT2D eigenvalue weighted by atomic mass is 19.1. The first-order valence-corrected chi connectivity index (χ1v) is 12.2. The van der Waals surface area contributed by atoms with Crippen LogP contribution in [-0.2, 0) is 11.3 Å². The molecular weight excluding hydrogens is 445 g/mol. The number of nitrogens with zero attached hydrogens (tertiary/aromatic N) is 3. The lowest BCUT2D eigenvalue weighted by atomic mass is 10.1. The topological polar surface area (TPSA) is 54.9 Å². The SMILES string of the molecule is CN(CCC(=O)N1CCCCCCOc2ccccc2Oc2ncccc2C1)c1ccc(F)cc1. The second kappa shape index (κ2) is 12.2. The van der Waals surface area contributed by atoms with Crippen LogP contribution >= 0.6 is 0 Å². The third-order valence-corrected chi connectivity index (χ3v) is 6.13. The normalized spacial score (nSPS) is 14.5. The molecular formula is C28H32FN3O3. The predicted octanol–water partition coefficient (Wildman–Crippen LogP) is 5.82. The number of carbonyl (C=O) groups excluding carboxylic acids is 1. The van der Waals surface area contributed by atoms with E-state index >= 15 is 0 Å². The van der Waals surface area contributed by atoms with Gasteiger partial charge < -0.3 is 19.3 Å². The van der Waals surface area contributed by atoms with E-state index < -0.39 is 0 Å². The first-order chi connectivity index (χ1) is 17.1. The Morgan fingerprint density at radius 2 is 1.77 bits per heavy atom. The van der Waals surface area contributed by atoms with Crippen molar-refractivity contribution in [1.29, 1.82) is 0 Å². The fraction of sp³-hybridized carbons (Fsp3) is 0.357. The molecule has 2 aromatic carbocycles. The van der Waals surface area contributed by atoms with Crippen molar-refractivity contribution in [2.45, 2.75) is 38.6 Å². The van der Waals surface area contributed by atoms with Crippen LogP contribution in [0.3, 0.4) is 0 Å². The van der Waals surface area contributed by atoms with Gasteiger partial charge >= 0.3 is 0 Å². The maximum Gasteiger partial charge on any atom is 0.224 e. The van der Waals surface area contributed by atoms with Crippen molar-refractivity contribution in [3.63, 3.8) is 0 Å². The molecule has 0 N–H and O–H groups in total. The Bertz CT molecular complexity index is 1110. The average Bonchev–Trinajstić information content (AvgIpc) is 2.87. The zero-order chi connectivity index (χ0) is 24.5. The van der Waals surface area contributed by atoms with Crippen LogP contribution < -0.4 is 14.4 Å². The summed E-state index contributed by atoms with van der Waals surface area (Å²) in [5.74, 6) is 1.58. The summed E-state index contributed by atoms with van der Waals surface area (Å²) in [5, 5.41) is 0. The number of hydrogen-bond donors (Lipinski definition) is 0. The van der Waals surface area contributed by atoms with Crippen molar-refractivity contribution >= 4 is 11.6 Å². The highest BCUT2D eigenvalue weighted by Crippen LogP contribution is 2.32. The fourth-order valence-electron chi connectivity index (χ4n) is 4.08. The number of aromatic nitrogens is 1. The third-order valence-electron chi connectivity index (χ3n) is 6.13. The Morgan fingerprint density at radius 3 is 2.60 bits per heavy atom. The van der Waals surface area contributed by atoms with Gasteiger partial charge in [-0.1, -0.05) is 31.0 Å². The maximum atomic E-state index is 13.3. The van der Waals surface area contributed by atoms with Crippen LogP contribution in [0.4, 0.5) is 10.1 Å². The van der Waals surface area contributed by atoms with Crippen LogP contribution in [0.25, 0.3) is 0 Å². The molecule has 0 aliphatic carbocycles. The van der Waals surface area contributed by atoms with Crippen molar-refractivity contribution in [2.24, 2.45) is 0 Å². The van der Waals surface area contributed by atoms with Crippen LogP contribution in [0.2, 0.25) is 0 Å². The lowest BCUT2D eigenvalue weighted by Crippen LogP contribution is -2.34. The quantitative estimate of drug-likeness (QED) is 0.474. The second-order valence-electron chi connectivity index (χ2n) is 8.74. The lowest BCUT2D eigenvalue weighted by molar-refractivity contribution is -0.131. The van der Waals surface area contributed by atoms with Gasteiger partial charge in [0.05, 0.1) is 13.2 Å². The largest absolute Gasteiger partial charge is 0.490 e. The average molecular weight is 478 g/mol. The molecule has 1 aliphatic rings. The van der Waals surface area contributed by atoms with Gasteiger partial charge in [0.25, 0.3) is 0 Å². The Hall–Kier alpha value is -3.61. The minimum atomic E-state index is -0.271. The number of carbonyl (C=O) groups is 1. The standard InChI is InChI=1S/C28H32FN3O3/c1-31(24-14-12-23(29)13-15-24)19-16-27(33)32-18-6-2-3-7-20-34-25-10-4-5-11-26(25)35-28-22(21-32)9-8-17-30-28/h4-5,8-15,17H,2-3,6-7,16,18-21H2,1H3. The number of benzene rings is 2. The molecule has 0 radical (unpaired) electrons. The number of halogens is 1. The minimum Gasteiger partial charge on any atom is -0.490 e. The van der Waals surface area contributed by atoms with Gasteiger partial charge in [0.1, 0.15) is 5.82 Å². The summed E-state index contributed by atoms with van der Waals surface area (Å²) in [4.78, 5) is 21.6. The van der Waals surface area contributed by atoms with Gasteiger partial charge in [0.2, 0.25) is 11.8 Å². The highest BCUT2D eigenvalue weighted by Gasteiger charge is 2.19. The molecule has 0 bridgehead atoms. The molecule has 0 fully saturated rings. The molecule has 7 heteroatoms. The molecule has 2 heterocycles. The molecule has 1 amide bonds. The van der Waals surface area contributed by atoms with Gasteiger partial charge in [-0.3, -0.25) is 4.79 Å². The summed E-state index contributed by atoms with van der Waals surface area (Å²) < 4.78 is 25.4. The van der Waals surface area contributed by atoms with Gasteiger partial charge in [0.15, 0.2) is 11.5 Å². The predicted molar refractivity (Wildman–Crippen MR) is 134 cm³/mol. The van der Waals surface area contributed by atoms with Crippen molar-refractivity contribution in [3.8, 4) is 17.4 Å². The van der Waals surface area contributed by atoms with E-state index in [4.69, 9.17) is 9.47 Å². The van der Waals surface area contributed by atoms with Crippen molar-refractivity contribution in [3.05, 3.63) is 78.2 Å². The molecule has 0 atom stereocenters. The van der Waals surface area contributed by atoms with E-state index in [9.17, 15) is 9.18 Å². The van der Waals surface area contributed by atoms with E-state index in [1.165, 1.54) is 12.1 Å². The number of fused-ring (bicyclic) bond motifs is 2. The molecule has 0 saturated heterocycles. The second-order valence-corrected chi connectivity index (χ2v) is 8.74. The van der Waals surface area contributed by atoms with E-state index in [0.717, 1.165) is 36.9 Å². The Morgan fingerprint density at radius 1 is 1.00 bits per heavy atom. The maximum absolute atomic E-state index is 13.3. The van der Waals surface area contributed by atoms with Crippen LogP contribution in [0, 0.1) is 5.82 Å². The summed E-state index contributed by atoms with van der Waals surface area (Å²) in [6.45, 7) is 2.26. The highest BCUT2D eigenvalue weighted by molar-refractivity contribution is 5.77. The molecule has 3 aromatic rings. The minimum absolute atomic E-state index is 0.0737. The summed E-state index contributed by atoms with van der Waals surface area (Å²) >= 11 is 0. The monoisotopic (exact) mass is 477 g/mol. The Balaban J connectivity index is 1.49. The van der Waals surface area contributed by atoms with Gasteiger partial charge in [-0.2, -0.15) is 0 Å². The van der Waals surface area contributed by atoms with Crippen LogP contribution in [0.15, 0.2) is 66.9 Å². The smallest absolute Gasteiger partial charge is 0.224 e. The number of ether oxygens (including phenoxy) is 2. The molecule has 1 aliphatic heterocycles. The third kappa shape index (κ3) is 6.94. The van der Waals surface area contributed by atoms with Crippen LogP contribution in [0.5, 0.6) is 17.4 Å². The fourth-order valence-corrected chi connectivity index (χ4v) is 4.08. The summed E-state index contributed by atoms with van der Waals surface area (Å²) in [6, 6.07) is 17.7. The van der Waals surface area contributed by atoms with Crippen molar-refractivity contribution in [2.75, 3.05) is 31.6 Å². The molecule has 1 aromatic heterocycles. The molecule has 6 nitrogen and oxygen atoms in total. The summed E-state index contributed by atoms with van der Waals surface area (Å²) in [5.41, 5.74) is 1.73. The molecule has 0 saturated carbocycles. The molecule has 4 rings (SSSR count). The van der Waals surface area contributed by atoms with E-state index in [-0.39, 0.29) is 11.7 Å². The van der Waals surface area contributed by atoms with Crippen molar-refractivity contribution in [1.82, 2.24) is 9.88 Å². The Labute approximate surface area is 206 Å². The Kier molecular flexibility index (Phi) is 8.54. The first-order valence-electron chi connectivity index (χ1n) is 12.2. The number of pyridine rings is 1. The van der Waals surface area contributed by atoms with Gasteiger partial charge in [0, 0.05) is 44.0 Å². The lowest BCUT2D eigenvalue weighted by Gasteiger charge is -2.26. The molecule has 0 unspecified atom stereocenters. The van der Waals surface area contributed by atoms with E-state index in [0.29, 0.717) is 50.0 Å². The summed E-state index contributed by atoms with van der Waals surface area (Å²) in [6.07, 6.45) is 5.99. The van der Waals surface area contributed by atoms with E-state index in [1.54, 1.807) is 18.3 Å². The molecule has 184 valence electrons. The number of amides is 1. The summed E-state index contributed by atoms with van der Waals surface area (Å²) in [7, 11) is 1.91. The first kappa shape index (κ1) is 24.5. The zero-order valence-corrected chi connectivity index (χ0v) is 20.2. The van der Waals surface area contributed by atoms with Crippen LogP contribution in [-0.4, -0.2) is 42.5 Å². The number of hydrogen-bond acceptors (Lipinski definition) is 5. The van der Waals surface area contributed by atoms with E-state index in [1.807, 2.05) is 53.2 Å². The van der Waals surface area contributed by atoms with E-state index in [2.05, 4.69) is 4.98 Å². The van der Waals surface area contributed by atoms with Gasteiger partial charge in [-0.15, -0.1) is 0 Å². The zero-order valence-electron chi connectivity index (χ0n) is 20.2.